The van der Waals surface area contributed by atoms with E-state index in [4.69, 9.17) is 23.4 Å². The van der Waals surface area contributed by atoms with Crippen molar-refractivity contribution in [3.63, 3.8) is 0 Å². The molecule has 0 aromatic heterocycles. The van der Waals surface area contributed by atoms with Gasteiger partial charge in [-0.2, -0.15) is 35.7 Å². The highest BCUT2D eigenvalue weighted by Gasteiger charge is 2.76. The van der Waals surface area contributed by atoms with Gasteiger partial charge < -0.3 is 0 Å². The Hall–Kier alpha value is -2.47. The van der Waals surface area contributed by atoms with E-state index in [2.05, 4.69) is 4.99 Å². The van der Waals surface area contributed by atoms with Gasteiger partial charge in [0.1, 0.15) is 16.5 Å². The Balaban J connectivity index is 2.78. The molecule has 1 unspecified atom stereocenters. The molecule has 1 N–H and O–H groups in total. The molecular weight excluding hydrogens is 516 g/mol. The number of halogens is 9. The zero-order valence-corrected chi connectivity index (χ0v) is 17.3. The Morgan fingerprint density at radius 3 is 2.12 bits per heavy atom. The fourth-order valence-corrected chi connectivity index (χ4v) is 4.03. The molecule has 0 spiro atoms. The van der Waals surface area contributed by atoms with Crippen LogP contribution in [0.5, 0.6) is 0 Å². The van der Waals surface area contributed by atoms with Crippen LogP contribution in [0.1, 0.15) is 10.4 Å². The summed E-state index contributed by atoms with van der Waals surface area (Å²) in [5.41, 5.74) is -1.90. The maximum atomic E-state index is 14.1. The zero-order valence-electron chi connectivity index (χ0n) is 14.9. The van der Waals surface area contributed by atoms with Gasteiger partial charge in [-0.25, -0.2) is 9.00 Å². The maximum absolute atomic E-state index is 14.1. The molecule has 1 atom stereocenters. The minimum absolute atomic E-state index is 0.355. The number of isocyanates is 1. The van der Waals surface area contributed by atoms with E-state index in [1.54, 1.807) is 4.84 Å². The lowest BCUT2D eigenvalue weighted by Crippen LogP contribution is -2.54. The van der Waals surface area contributed by atoms with Crippen LogP contribution < -0.4 is 4.84 Å². The number of carbonyl (C=O) groups excluding carboxylic acids is 2. The molecule has 0 bridgehead atoms. The number of hydrogen-bond acceptors (Lipinski definition) is 4. The summed E-state index contributed by atoms with van der Waals surface area (Å²) in [5, 5.41) is -6.63. The average Bonchev–Trinajstić information content (AvgIpc) is 2.73. The maximum Gasteiger partial charge on any atom is 0.461 e. The second-order valence-corrected chi connectivity index (χ2v) is 7.86. The lowest BCUT2D eigenvalue weighted by molar-refractivity contribution is -0.331. The minimum Gasteiger partial charge on any atom is -0.268 e. The van der Waals surface area contributed by atoms with Crippen LogP contribution in [-0.2, 0) is 15.6 Å². The first kappa shape index (κ1) is 25.8. The van der Waals surface area contributed by atoms with Crippen LogP contribution in [0.15, 0.2) is 46.3 Å². The zero-order chi connectivity index (χ0) is 24.5. The van der Waals surface area contributed by atoms with Crippen LogP contribution >= 0.6 is 23.4 Å². The van der Waals surface area contributed by atoms with Crippen LogP contribution in [0.2, 0.25) is 5.02 Å². The van der Waals surface area contributed by atoms with Crippen molar-refractivity contribution in [3.8, 4) is 11.1 Å². The fourth-order valence-electron chi connectivity index (χ4n) is 2.43. The van der Waals surface area contributed by atoms with E-state index in [1.807, 2.05) is 0 Å². The van der Waals surface area contributed by atoms with Crippen molar-refractivity contribution < 1.29 is 44.5 Å². The second kappa shape index (κ2) is 9.18. The molecule has 0 aliphatic heterocycles. The summed E-state index contributed by atoms with van der Waals surface area (Å²) < 4.78 is 105. The number of nitrogens with one attached hydrogen (secondary N) is 1. The van der Waals surface area contributed by atoms with Gasteiger partial charge in [-0.3, -0.25) is 9.63 Å². The number of carbonyl (C=O) groups is 1. The third-order valence-corrected chi connectivity index (χ3v) is 5.97. The Bertz CT molecular complexity index is 1140. The SMILES string of the molecule is O=C=Nc1c(-c2ccccc2S(=O)C(F)(F)C(F)(F)C(F)(F)F)ccc(C(=O)NCl)c1Cl. The summed E-state index contributed by atoms with van der Waals surface area (Å²) in [6.45, 7) is 0. The Labute approximate surface area is 186 Å². The molecule has 0 radical (unpaired) electrons. The third-order valence-electron chi connectivity index (χ3n) is 3.94. The smallest absolute Gasteiger partial charge is 0.268 e. The molecule has 2 rings (SSSR count). The molecule has 32 heavy (non-hydrogen) atoms. The van der Waals surface area contributed by atoms with Gasteiger partial charge in [-0.1, -0.05) is 35.9 Å². The van der Waals surface area contributed by atoms with E-state index in [9.17, 15) is 44.5 Å². The van der Waals surface area contributed by atoms with Gasteiger partial charge in [0.15, 0.2) is 0 Å². The van der Waals surface area contributed by atoms with Crippen LogP contribution in [0.4, 0.5) is 36.4 Å². The van der Waals surface area contributed by atoms with E-state index in [0.717, 1.165) is 36.4 Å². The molecule has 0 fully saturated rings. The molecule has 0 aliphatic rings. The quantitative estimate of drug-likeness (QED) is 0.227. The van der Waals surface area contributed by atoms with Crippen molar-refractivity contribution in [3.05, 3.63) is 47.0 Å². The topological polar surface area (TPSA) is 75.6 Å². The summed E-state index contributed by atoms with van der Waals surface area (Å²) >= 11 is 11.2. The van der Waals surface area contributed by atoms with Gasteiger partial charge in [0.25, 0.3) is 5.91 Å². The summed E-state index contributed by atoms with van der Waals surface area (Å²) in [7, 11) is -4.24. The van der Waals surface area contributed by atoms with Gasteiger partial charge in [0.05, 0.1) is 15.5 Å². The number of benzene rings is 2. The highest BCUT2D eigenvalue weighted by atomic mass is 35.5. The second-order valence-electron chi connectivity index (χ2n) is 5.80. The highest BCUT2D eigenvalue weighted by molar-refractivity contribution is 7.86. The molecule has 0 heterocycles. The molecule has 0 saturated heterocycles. The summed E-state index contributed by atoms with van der Waals surface area (Å²) in [6, 6.07) is 5.59. The van der Waals surface area contributed by atoms with Crippen LogP contribution in [0.25, 0.3) is 11.1 Å². The average molecular weight is 523 g/mol. The predicted octanol–water partition coefficient (Wildman–Crippen LogP) is 5.76. The number of rotatable bonds is 6. The van der Waals surface area contributed by atoms with Crippen molar-refractivity contribution in [2.75, 3.05) is 0 Å². The molecule has 1 amide bonds. The van der Waals surface area contributed by atoms with E-state index in [1.165, 1.54) is 0 Å². The van der Waals surface area contributed by atoms with Gasteiger partial charge >= 0.3 is 17.4 Å². The number of aliphatic imine (C=N–C) groups is 1. The molecule has 5 nitrogen and oxygen atoms in total. The first-order valence-electron chi connectivity index (χ1n) is 7.87. The number of amides is 1. The van der Waals surface area contributed by atoms with Crippen molar-refractivity contribution in [1.82, 2.24) is 4.84 Å². The molecule has 2 aromatic rings. The molecule has 172 valence electrons. The number of hydrogen-bond donors (Lipinski definition) is 1. The predicted molar refractivity (Wildman–Crippen MR) is 100 cm³/mol. The first-order chi connectivity index (χ1) is 14.7. The fraction of sp³-hybridized carbons (Fsp3) is 0.176. The Morgan fingerprint density at radius 2 is 1.59 bits per heavy atom. The lowest BCUT2D eigenvalue weighted by atomic mass is 10.0. The van der Waals surface area contributed by atoms with Crippen LogP contribution in [-0.4, -0.2) is 33.5 Å². The summed E-state index contributed by atoms with van der Waals surface area (Å²) in [4.78, 5) is 26.3. The molecular formula is C17H7Cl2F7N2O3S. The Kier molecular flexibility index (Phi) is 7.40. The van der Waals surface area contributed by atoms with Crippen molar-refractivity contribution in [2.45, 2.75) is 22.2 Å². The monoisotopic (exact) mass is 522 g/mol. The normalized spacial score (nSPS) is 13.3. The first-order valence-corrected chi connectivity index (χ1v) is 9.78. The molecule has 15 heteroatoms. The number of nitrogens with zero attached hydrogens (tertiary/aromatic N) is 1. The van der Waals surface area contributed by atoms with E-state index >= 15 is 0 Å². The molecule has 0 aliphatic carbocycles. The standard InChI is InChI=1S/C17H7Cl2F7N2O3S/c18-12-10(14(30)28-19)6-5-9(13(12)27-7-29)8-3-1-2-4-11(8)32(31)17(25,26)15(20,21)16(22,23)24/h1-6H,(H,28,30). The van der Waals surface area contributed by atoms with Crippen LogP contribution in [0.3, 0.4) is 0 Å². The van der Waals surface area contributed by atoms with E-state index < -0.39 is 55.2 Å². The summed E-state index contributed by atoms with van der Waals surface area (Å²) in [5.74, 6) is -7.61. The summed E-state index contributed by atoms with van der Waals surface area (Å²) in [6.07, 6.45) is -5.63. The van der Waals surface area contributed by atoms with Crippen molar-refractivity contribution in [1.29, 1.82) is 0 Å². The largest absolute Gasteiger partial charge is 0.461 e. The van der Waals surface area contributed by atoms with Gasteiger partial charge in [-0.05, 0) is 12.1 Å². The Morgan fingerprint density at radius 1 is 1.00 bits per heavy atom. The van der Waals surface area contributed by atoms with Crippen molar-refractivity contribution in [2.24, 2.45) is 4.99 Å². The molecule has 2 aromatic carbocycles. The lowest BCUT2D eigenvalue weighted by Gasteiger charge is -2.28. The van der Waals surface area contributed by atoms with E-state index in [-0.39, 0.29) is 11.1 Å². The highest BCUT2D eigenvalue weighted by Crippen LogP contribution is 2.51. The van der Waals surface area contributed by atoms with E-state index in [0.29, 0.717) is 6.07 Å². The van der Waals surface area contributed by atoms with Gasteiger partial charge in [0.2, 0.25) is 6.08 Å². The van der Waals surface area contributed by atoms with Gasteiger partial charge in [-0.15, -0.1) is 0 Å². The minimum atomic E-state index is -6.70. The van der Waals surface area contributed by atoms with Crippen molar-refractivity contribution >= 4 is 51.9 Å². The third kappa shape index (κ3) is 4.38. The van der Waals surface area contributed by atoms with Crippen LogP contribution in [0, 0.1) is 0 Å². The molecule has 0 saturated carbocycles. The number of alkyl halides is 7. The van der Waals surface area contributed by atoms with Gasteiger partial charge in [0, 0.05) is 22.9 Å².